The fourth-order valence-corrected chi connectivity index (χ4v) is 2.93. The number of fused-ring (bicyclic) bond motifs is 1. The Morgan fingerprint density at radius 2 is 2.04 bits per heavy atom. The molecule has 0 radical (unpaired) electrons. The first-order valence-electron chi connectivity index (χ1n) is 7.55. The van der Waals surface area contributed by atoms with Crippen LogP contribution in [0.25, 0.3) is 10.9 Å². The number of benzene rings is 1. The van der Waals surface area contributed by atoms with Crippen LogP contribution in [0, 0.1) is 0 Å². The SMILES string of the molecule is CC1(C(=O)NCc2cccc3cccnc23)CCCCN1.Cl.Cl. The van der Waals surface area contributed by atoms with Crippen molar-refractivity contribution in [3.8, 4) is 0 Å². The van der Waals surface area contributed by atoms with Crippen LogP contribution in [-0.2, 0) is 11.3 Å². The summed E-state index contributed by atoms with van der Waals surface area (Å²) in [6.07, 6.45) is 4.94. The number of nitrogens with one attached hydrogen (secondary N) is 2. The van der Waals surface area contributed by atoms with Crippen LogP contribution in [0.2, 0.25) is 0 Å². The Hall–Kier alpha value is -1.36. The van der Waals surface area contributed by atoms with Gasteiger partial charge >= 0.3 is 0 Å². The number of rotatable bonds is 3. The number of nitrogens with zero attached hydrogens (tertiary/aromatic N) is 1. The molecule has 1 aliphatic heterocycles. The summed E-state index contributed by atoms with van der Waals surface area (Å²) in [5.41, 5.74) is 1.58. The molecule has 6 heteroatoms. The van der Waals surface area contributed by atoms with E-state index in [9.17, 15) is 4.79 Å². The van der Waals surface area contributed by atoms with Gasteiger partial charge in [-0.2, -0.15) is 0 Å². The van der Waals surface area contributed by atoms with E-state index in [0.29, 0.717) is 6.54 Å². The Kier molecular flexibility index (Phi) is 7.26. The maximum Gasteiger partial charge on any atom is 0.240 e. The number of pyridine rings is 1. The number of halogens is 2. The van der Waals surface area contributed by atoms with Crippen LogP contribution < -0.4 is 10.6 Å². The molecule has 3 rings (SSSR count). The summed E-state index contributed by atoms with van der Waals surface area (Å²) in [4.78, 5) is 16.9. The number of piperidine rings is 1. The molecule has 0 spiro atoms. The summed E-state index contributed by atoms with van der Waals surface area (Å²) >= 11 is 0. The lowest BCUT2D eigenvalue weighted by molar-refractivity contribution is -0.128. The zero-order chi connectivity index (χ0) is 14.7. The molecule has 2 N–H and O–H groups in total. The molecule has 126 valence electrons. The average molecular weight is 356 g/mol. The highest BCUT2D eigenvalue weighted by Gasteiger charge is 2.33. The van der Waals surface area contributed by atoms with Gasteiger partial charge in [0.05, 0.1) is 11.1 Å². The minimum Gasteiger partial charge on any atom is -0.350 e. The third kappa shape index (κ3) is 4.34. The molecule has 1 saturated heterocycles. The van der Waals surface area contributed by atoms with Gasteiger partial charge in [0.2, 0.25) is 5.91 Å². The molecule has 4 nitrogen and oxygen atoms in total. The third-order valence-corrected chi connectivity index (χ3v) is 4.28. The van der Waals surface area contributed by atoms with E-state index in [1.54, 1.807) is 6.20 Å². The predicted molar refractivity (Wildman–Crippen MR) is 98.3 cm³/mol. The highest BCUT2D eigenvalue weighted by molar-refractivity contribution is 5.87. The largest absolute Gasteiger partial charge is 0.350 e. The van der Waals surface area contributed by atoms with Crippen LogP contribution in [-0.4, -0.2) is 23.0 Å². The van der Waals surface area contributed by atoms with Crippen molar-refractivity contribution in [1.82, 2.24) is 15.6 Å². The lowest BCUT2D eigenvalue weighted by atomic mass is 9.90. The van der Waals surface area contributed by atoms with Gasteiger partial charge in [-0.1, -0.05) is 24.3 Å². The van der Waals surface area contributed by atoms with Crippen molar-refractivity contribution in [1.29, 1.82) is 0 Å². The molecule has 1 aliphatic rings. The van der Waals surface area contributed by atoms with Gasteiger partial charge < -0.3 is 10.6 Å². The molecule has 0 aliphatic carbocycles. The minimum absolute atomic E-state index is 0. The van der Waals surface area contributed by atoms with E-state index in [0.717, 1.165) is 42.3 Å². The number of carbonyl (C=O) groups excluding carboxylic acids is 1. The number of carbonyl (C=O) groups is 1. The molecular formula is C17H23Cl2N3O. The van der Waals surface area contributed by atoms with Gasteiger partial charge in [0.25, 0.3) is 0 Å². The Labute approximate surface area is 149 Å². The topological polar surface area (TPSA) is 54.0 Å². The van der Waals surface area contributed by atoms with Gasteiger partial charge in [-0.25, -0.2) is 0 Å². The van der Waals surface area contributed by atoms with Gasteiger partial charge in [-0.3, -0.25) is 9.78 Å². The molecule has 1 unspecified atom stereocenters. The number of hydrogen-bond acceptors (Lipinski definition) is 3. The fraction of sp³-hybridized carbons (Fsp3) is 0.412. The van der Waals surface area contributed by atoms with Crippen LogP contribution in [0.15, 0.2) is 36.5 Å². The maximum atomic E-state index is 12.4. The molecule has 0 saturated carbocycles. The van der Waals surface area contributed by atoms with Crippen LogP contribution in [0.5, 0.6) is 0 Å². The van der Waals surface area contributed by atoms with Gasteiger partial charge in [0.1, 0.15) is 0 Å². The van der Waals surface area contributed by atoms with Crippen LogP contribution in [0.1, 0.15) is 31.7 Å². The van der Waals surface area contributed by atoms with E-state index in [-0.39, 0.29) is 30.7 Å². The molecule has 2 aromatic rings. The quantitative estimate of drug-likeness (QED) is 0.888. The maximum absolute atomic E-state index is 12.4. The molecule has 1 amide bonds. The van der Waals surface area contributed by atoms with Gasteiger partial charge in [-0.05, 0) is 44.4 Å². The van der Waals surface area contributed by atoms with E-state index >= 15 is 0 Å². The first-order valence-corrected chi connectivity index (χ1v) is 7.55. The zero-order valence-electron chi connectivity index (χ0n) is 13.2. The molecule has 2 heterocycles. The Morgan fingerprint density at radius 1 is 1.26 bits per heavy atom. The number of aromatic nitrogens is 1. The highest BCUT2D eigenvalue weighted by Crippen LogP contribution is 2.20. The zero-order valence-corrected chi connectivity index (χ0v) is 14.8. The Morgan fingerprint density at radius 3 is 2.78 bits per heavy atom. The summed E-state index contributed by atoms with van der Waals surface area (Å²) < 4.78 is 0. The van der Waals surface area contributed by atoms with E-state index in [4.69, 9.17) is 0 Å². The lowest BCUT2D eigenvalue weighted by Gasteiger charge is -2.33. The smallest absolute Gasteiger partial charge is 0.240 e. The Bertz CT molecular complexity index is 652. The van der Waals surface area contributed by atoms with Crippen molar-refractivity contribution in [3.63, 3.8) is 0 Å². The molecular weight excluding hydrogens is 333 g/mol. The Balaban J connectivity index is 0.00000132. The molecule has 0 bridgehead atoms. The lowest BCUT2D eigenvalue weighted by Crippen LogP contribution is -2.56. The molecule has 1 atom stereocenters. The van der Waals surface area contributed by atoms with Crippen molar-refractivity contribution in [2.75, 3.05) is 6.54 Å². The second-order valence-electron chi connectivity index (χ2n) is 5.89. The van der Waals surface area contributed by atoms with Gasteiger partial charge in [-0.15, -0.1) is 24.8 Å². The molecule has 1 fully saturated rings. The van der Waals surface area contributed by atoms with E-state index in [2.05, 4.69) is 15.6 Å². The van der Waals surface area contributed by atoms with Crippen molar-refractivity contribution in [3.05, 3.63) is 42.1 Å². The number of amides is 1. The number of para-hydroxylation sites is 1. The highest BCUT2D eigenvalue weighted by atomic mass is 35.5. The van der Waals surface area contributed by atoms with Crippen molar-refractivity contribution < 1.29 is 4.79 Å². The number of hydrogen-bond donors (Lipinski definition) is 2. The standard InChI is InChI=1S/C17H21N3O.2ClH/c1-17(9-2-3-11-20-17)16(21)19-12-14-7-4-6-13-8-5-10-18-15(13)14;;/h4-8,10,20H,2-3,9,11-12H2,1H3,(H,19,21);2*1H. The molecule has 1 aromatic carbocycles. The average Bonchev–Trinajstić information content (AvgIpc) is 2.53. The van der Waals surface area contributed by atoms with Crippen molar-refractivity contribution >= 4 is 41.6 Å². The van der Waals surface area contributed by atoms with Crippen LogP contribution >= 0.6 is 24.8 Å². The summed E-state index contributed by atoms with van der Waals surface area (Å²) in [6.45, 7) is 3.42. The third-order valence-electron chi connectivity index (χ3n) is 4.28. The second kappa shape index (κ2) is 8.48. The monoisotopic (exact) mass is 355 g/mol. The van der Waals surface area contributed by atoms with Crippen molar-refractivity contribution in [2.24, 2.45) is 0 Å². The normalized spacial score (nSPS) is 20.2. The summed E-state index contributed by atoms with van der Waals surface area (Å²) in [5.74, 6) is 0.0788. The van der Waals surface area contributed by atoms with Gasteiger partial charge in [0, 0.05) is 18.1 Å². The van der Waals surface area contributed by atoms with E-state index in [1.807, 2.05) is 37.3 Å². The molecule has 1 aromatic heterocycles. The summed E-state index contributed by atoms with van der Waals surface area (Å²) in [5, 5.41) is 7.50. The predicted octanol–water partition coefficient (Wildman–Crippen LogP) is 3.23. The second-order valence-corrected chi connectivity index (χ2v) is 5.89. The fourth-order valence-electron chi connectivity index (χ4n) is 2.93. The summed E-state index contributed by atoms with van der Waals surface area (Å²) in [7, 11) is 0. The molecule has 23 heavy (non-hydrogen) atoms. The first kappa shape index (κ1) is 19.7. The van der Waals surface area contributed by atoms with E-state index in [1.165, 1.54) is 0 Å². The van der Waals surface area contributed by atoms with Crippen LogP contribution in [0.4, 0.5) is 0 Å². The van der Waals surface area contributed by atoms with Crippen molar-refractivity contribution in [2.45, 2.75) is 38.3 Å². The van der Waals surface area contributed by atoms with Gasteiger partial charge in [0.15, 0.2) is 0 Å². The first-order chi connectivity index (χ1) is 10.2. The van der Waals surface area contributed by atoms with Crippen LogP contribution in [0.3, 0.4) is 0 Å². The summed E-state index contributed by atoms with van der Waals surface area (Å²) in [6, 6.07) is 10.0. The minimum atomic E-state index is -0.434. The van der Waals surface area contributed by atoms with E-state index < -0.39 is 5.54 Å².